The summed E-state index contributed by atoms with van der Waals surface area (Å²) in [5, 5.41) is 1.01. The van der Waals surface area contributed by atoms with Gasteiger partial charge in [-0.2, -0.15) is 0 Å². The first-order valence-electron chi connectivity index (χ1n) is 9.97. The Bertz CT molecular complexity index is 1040. The molecule has 0 amide bonds. The van der Waals surface area contributed by atoms with E-state index in [2.05, 4.69) is 9.97 Å². The molecule has 2 aliphatic carbocycles. The molecular formula is C22H23N3O2S. The van der Waals surface area contributed by atoms with Crippen molar-refractivity contribution in [3.63, 3.8) is 0 Å². The third-order valence-electron chi connectivity index (χ3n) is 5.94. The van der Waals surface area contributed by atoms with Gasteiger partial charge in [0.15, 0.2) is 12.4 Å². The second-order valence-electron chi connectivity index (χ2n) is 7.79. The Morgan fingerprint density at radius 3 is 2.68 bits per heavy atom. The number of esters is 1. The van der Waals surface area contributed by atoms with Crippen LogP contribution in [0.15, 0.2) is 30.3 Å². The van der Waals surface area contributed by atoms with Gasteiger partial charge in [0.1, 0.15) is 10.6 Å². The number of nitrogens with two attached hydrogens (primary N) is 1. The Morgan fingerprint density at radius 1 is 1.11 bits per heavy atom. The van der Waals surface area contributed by atoms with E-state index in [-0.39, 0.29) is 12.6 Å². The van der Waals surface area contributed by atoms with E-state index in [9.17, 15) is 4.79 Å². The highest BCUT2D eigenvalue weighted by molar-refractivity contribution is 7.19. The van der Waals surface area contributed by atoms with Gasteiger partial charge in [0.05, 0.1) is 10.8 Å². The highest BCUT2D eigenvalue weighted by Crippen LogP contribution is 2.49. The number of aryl methyl sites for hydroxylation is 2. The normalized spacial score (nSPS) is 17.7. The summed E-state index contributed by atoms with van der Waals surface area (Å²) >= 11 is 1.72. The average Bonchev–Trinajstić information content (AvgIpc) is 3.48. The Balaban J connectivity index is 1.37. The van der Waals surface area contributed by atoms with Gasteiger partial charge in [-0.15, -0.1) is 11.3 Å². The molecule has 28 heavy (non-hydrogen) atoms. The minimum absolute atomic E-state index is 0.0656. The Hall–Kier alpha value is -2.47. The minimum Gasteiger partial charge on any atom is -0.457 e. The van der Waals surface area contributed by atoms with Gasteiger partial charge < -0.3 is 10.5 Å². The van der Waals surface area contributed by atoms with Gasteiger partial charge in [-0.25, -0.2) is 9.97 Å². The Kier molecular flexibility index (Phi) is 4.31. The van der Waals surface area contributed by atoms with Gasteiger partial charge in [-0.1, -0.05) is 36.8 Å². The van der Waals surface area contributed by atoms with Crippen molar-refractivity contribution in [3.8, 4) is 0 Å². The molecule has 2 aromatic heterocycles. The van der Waals surface area contributed by atoms with Crippen LogP contribution < -0.4 is 5.73 Å². The first kappa shape index (κ1) is 17.6. The van der Waals surface area contributed by atoms with Gasteiger partial charge in [0.2, 0.25) is 0 Å². The minimum atomic E-state index is -0.489. The van der Waals surface area contributed by atoms with Gasteiger partial charge >= 0.3 is 5.97 Å². The van der Waals surface area contributed by atoms with Crippen LogP contribution in [0.2, 0.25) is 0 Å². The van der Waals surface area contributed by atoms with Crippen molar-refractivity contribution >= 4 is 33.3 Å². The summed E-state index contributed by atoms with van der Waals surface area (Å²) in [6.07, 6.45) is 7.49. The van der Waals surface area contributed by atoms with Crippen LogP contribution in [0.5, 0.6) is 0 Å². The van der Waals surface area contributed by atoms with Gasteiger partial charge in [-0.3, -0.25) is 4.79 Å². The number of fused-ring (bicyclic) bond motifs is 3. The SMILES string of the molecule is Nc1nc(COC(=O)C2(c3ccccc3)CC2)nc2sc3c(c12)CCCCC3. The number of rotatable bonds is 4. The first-order chi connectivity index (χ1) is 13.7. The fraction of sp³-hybridized carbons (Fsp3) is 0.409. The predicted molar refractivity (Wildman–Crippen MR) is 110 cm³/mol. The average molecular weight is 394 g/mol. The molecule has 2 aliphatic rings. The molecule has 2 N–H and O–H groups in total. The maximum Gasteiger partial charge on any atom is 0.317 e. The summed E-state index contributed by atoms with van der Waals surface area (Å²) in [5.41, 5.74) is 8.16. The lowest BCUT2D eigenvalue weighted by atomic mass is 9.96. The first-order valence-corrected chi connectivity index (χ1v) is 10.8. The summed E-state index contributed by atoms with van der Waals surface area (Å²) in [5.74, 6) is 0.807. The lowest BCUT2D eigenvalue weighted by molar-refractivity contribution is -0.148. The van der Waals surface area contributed by atoms with E-state index >= 15 is 0 Å². The number of nitrogens with zero attached hydrogens (tertiary/aromatic N) is 2. The fourth-order valence-corrected chi connectivity index (χ4v) is 5.52. The van der Waals surface area contributed by atoms with Crippen molar-refractivity contribution in [2.45, 2.75) is 57.0 Å². The molecule has 5 rings (SSSR count). The van der Waals surface area contributed by atoms with Gasteiger partial charge in [-0.05, 0) is 49.7 Å². The quantitative estimate of drug-likeness (QED) is 0.528. The Labute approximate surface area is 168 Å². The molecule has 0 atom stereocenters. The fourth-order valence-electron chi connectivity index (χ4n) is 4.23. The van der Waals surface area contributed by atoms with E-state index in [1.54, 1.807) is 11.3 Å². The lowest BCUT2D eigenvalue weighted by Gasteiger charge is -2.14. The molecule has 6 heteroatoms. The summed E-state index contributed by atoms with van der Waals surface area (Å²) in [4.78, 5) is 24.2. The molecular weight excluding hydrogens is 370 g/mol. The molecule has 3 aromatic rings. The summed E-state index contributed by atoms with van der Waals surface area (Å²) in [6, 6.07) is 9.86. The zero-order chi connectivity index (χ0) is 19.1. The number of ether oxygens (including phenoxy) is 1. The molecule has 1 fully saturated rings. The molecule has 0 aliphatic heterocycles. The number of hydrogen-bond acceptors (Lipinski definition) is 6. The van der Waals surface area contributed by atoms with E-state index < -0.39 is 5.41 Å². The van der Waals surface area contributed by atoms with Crippen LogP contribution in [0.25, 0.3) is 10.2 Å². The highest BCUT2D eigenvalue weighted by Gasteiger charge is 2.52. The number of nitrogen functional groups attached to an aromatic ring is 1. The van der Waals surface area contributed by atoms with Crippen LogP contribution in [0.4, 0.5) is 5.82 Å². The number of carbonyl (C=O) groups is 1. The highest BCUT2D eigenvalue weighted by atomic mass is 32.1. The van der Waals surface area contributed by atoms with E-state index in [0.29, 0.717) is 11.6 Å². The topological polar surface area (TPSA) is 78.1 Å². The van der Waals surface area contributed by atoms with E-state index in [0.717, 1.165) is 41.5 Å². The second-order valence-corrected chi connectivity index (χ2v) is 8.88. The van der Waals surface area contributed by atoms with Crippen molar-refractivity contribution in [2.24, 2.45) is 0 Å². The number of aromatic nitrogens is 2. The second kappa shape index (κ2) is 6.85. The molecule has 5 nitrogen and oxygen atoms in total. The standard InChI is InChI=1S/C22H23N3O2S/c23-19-18-15-9-5-2-6-10-16(15)28-20(18)25-17(24-19)13-27-21(26)22(11-12-22)14-7-3-1-4-8-14/h1,3-4,7-8H,2,5-6,9-13H2,(H2,23,24,25). The van der Waals surface area contributed by atoms with Crippen LogP contribution >= 0.6 is 11.3 Å². The number of benzene rings is 1. The number of carbonyl (C=O) groups excluding carboxylic acids is 1. The number of thiophene rings is 1. The lowest BCUT2D eigenvalue weighted by Crippen LogP contribution is -2.23. The van der Waals surface area contributed by atoms with E-state index in [4.69, 9.17) is 10.5 Å². The van der Waals surface area contributed by atoms with Gasteiger partial charge in [0, 0.05) is 4.88 Å². The van der Waals surface area contributed by atoms with Crippen molar-refractivity contribution in [1.29, 1.82) is 0 Å². The molecule has 2 heterocycles. The van der Waals surface area contributed by atoms with Crippen LogP contribution in [0, 0.1) is 0 Å². The summed E-state index contributed by atoms with van der Waals surface area (Å²) < 4.78 is 5.62. The molecule has 0 spiro atoms. The number of hydrogen-bond donors (Lipinski definition) is 1. The monoisotopic (exact) mass is 393 g/mol. The third-order valence-corrected chi connectivity index (χ3v) is 7.12. The Morgan fingerprint density at radius 2 is 1.89 bits per heavy atom. The van der Waals surface area contributed by atoms with Crippen molar-refractivity contribution in [1.82, 2.24) is 9.97 Å². The molecule has 1 aromatic carbocycles. The van der Waals surface area contributed by atoms with Crippen LogP contribution in [0.3, 0.4) is 0 Å². The molecule has 0 bridgehead atoms. The summed E-state index contributed by atoms with van der Waals surface area (Å²) in [6.45, 7) is 0.0656. The maximum absolute atomic E-state index is 12.7. The molecule has 0 saturated heterocycles. The molecule has 144 valence electrons. The van der Waals surface area contributed by atoms with Crippen molar-refractivity contribution in [3.05, 3.63) is 52.2 Å². The molecule has 0 radical (unpaired) electrons. The summed E-state index contributed by atoms with van der Waals surface area (Å²) in [7, 11) is 0. The van der Waals surface area contributed by atoms with Crippen LogP contribution in [-0.2, 0) is 34.4 Å². The number of anilines is 1. The van der Waals surface area contributed by atoms with Crippen molar-refractivity contribution < 1.29 is 9.53 Å². The maximum atomic E-state index is 12.7. The predicted octanol–water partition coefficient (Wildman–Crippen LogP) is 4.32. The zero-order valence-electron chi connectivity index (χ0n) is 15.7. The van der Waals surface area contributed by atoms with E-state index in [1.807, 2.05) is 30.3 Å². The van der Waals surface area contributed by atoms with Crippen LogP contribution in [0.1, 0.15) is 53.9 Å². The molecule has 0 unspecified atom stereocenters. The van der Waals surface area contributed by atoms with E-state index in [1.165, 1.54) is 29.7 Å². The molecule has 1 saturated carbocycles. The smallest absolute Gasteiger partial charge is 0.317 e. The van der Waals surface area contributed by atoms with Crippen LogP contribution in [-0.4, -0.2) is 15.9 Å². The van der Waals surface area contributed by atoms with Gasteiger partial charge in [0.25, 0.3) is 0 Å². The third kappa shape index (κ3) is 2.96. The van der Waals surface area contributed by atoms with Crippen molar-refractivity contribution in [2.75, 3.05) is 5.73 Å². The zero-order valence-corrected chi connectivity index (χ0v) is 16.6. The largest absolute Gasteiger partial charge is 0.457 e.